The van der Waals surface area contributed by atoms with Crippen molar-refractivity contribution in [2.75, 3.05) is 58.2 Å². The molecule has 1 fully saturated rings. The number of nitrogen functional groups attached to an aromatic ring is 3. The number of hydrogen-bond acceptors (Lipinski definition) is 21. The number of benzene rings is 3. The van der Waals surface area contributed by atoms with Crippen LogP contribution in [0.4, 0.5) is 22.2 Å². The van der Waals surface area contributed by atoms with E-state index in [9.17, 15) is 29.0 Å². The predicted octanol–water partition coefficient (Wildman–Crippen LogP) is 8.33. The fraction of sp³-hybridized carbons (Fsp3) is 0.229. The molecule has 0 spiro atoms. The molecule has 2 unspecified atom stereocenters. The number of halogens is 1. The number of para-hydroxylation sites is 1. The molecule has 1 aliphatic rings. The molecular formula is C70H71FN18O9. The van der Waals surface area contributed by atoms with Gasteiger partial charge in [-0.1, -0.05) is 60.2 Å². The Balaban J connectivity index is 0.000000149. The van der Waals surface area contributed by atoms with Crippen molar-refractivity contribution in [3.8, 4) is 56.8 Å². The van der Waals surface area contributed by atoms with Crippen molar-refractivity contribution in [2.45, 2.75) is 58.3 Å². The molecule has 3 aromatic carbocycles. The zero-order valence-corrected chi connectivity index (χ0v) is 54.1. The summed E-state index contributed by atoms with van der Waals surface area (Å²) in [5, 5.41) is 41.4. The van der Waals surface area contributed by atoms with E-state index in [4.69, 9.17) is 36.1 Å². The Bertz CT molecular complexity index is 4850. The number of anilines is 3. The van der Waals surface area contributed by atoms with E-state index >= 15 is 0 Å². The highest BCUT2D eigenvalue weighted by molar-refractivity contribution is 5.99. The standard InChI is InChI=1S/C24H24N6O3.C23H23FN6O3.C23H24N6O3/c1-32-23-19(10-18(13-27-23)16-8-9-30-21(11-16)28-24(25)29-30)22(31)26-12-17-4-2-3-5-20(17)33-14-15-6-7-15;1-13-3-4-15(10-18(13)24)19(31)5-7-26-21(32)17-9-16(12-27-22(17)33-2)14-6-8-30-20(11-14)28-23(25)29-30;1-14-3-5-15(6-4-14)19(30)7-9-25-21(31)18-11-17(13-26-22(18)32-2)16-8-10-29-20(12-16)27-23(24)28-29/h2-5,8-11,13,15H,6-7,12,14H2,1H3,(H2,25,29)(H,26,31);3-4,6,8-12,19,31H,5,7H2,1-2H3,(H2,25,29)(H,26,32);3-6,8,10-13,19,30H,7,9H2,1-2H3,(H2,24,28)(H,25,31). The number of aliphatic hydroxyl groups is 2. The van der Waals surface area contributed by atoms with Crippen LogP contribution in [0.2, 0.25) is 0 Å². The van der Waals surface area contributed by atoms with Gasteiger partial charge in [-0.3, -0.25) is 14.4 Å². The summed E-state index contributed by atoms with van der Waals surface area (Å²) < 4.78 is 40.3. The van der Waals surface area contributed by atoms with E-state index in [-0.39, 0.29) is 71.6 Å². The molecule has 3 amide bonds. The van der Waals surface area contributed by atoms with Gasteiger partial charge in [-0.05, 0) is 146 Å². The minimum absolute atomic E-state index is 0.163. The first kappa shape index (κ1) is 67.3. The first-order chi connectivity index (χ1) is 47.4. The SMILES string of the molecule is COc1ncc(-c2ccn3nc(N)nc3c2)cc1C(=O)NCCC(O)c1ccc(C)c(F)c1.COc1ncc(-c2ccn3nc(N)nc3c2)cc1C(=O)NCCC(O)c1ccc(C)cc1.COc1ncc(-c2ccn3nc(N)nc3c2)cc1C(=O)NCc1ccccc1OCC1CC1. The van der Waals surface area contributed by atoms with Gasteiger partial charge in [-0.25, -0.2) is 32.9 Å². The van der Waals surface area contributed by atoms with Crippen LogP contribution in [-0.2, 0) is 6.54 Å². The Labute approximate surface area is 560 Å². The lowest BCUT2D eigenvalue weighted by Crippen LogP contribution is -2.26. The molecule has 2 atom stereocenters. The maximum atomic E-state index is 13.7. The van der Waals surface area contributed by atoms with E-state index in [0.717, 1.165) is 50.3 Å². The Morgan fingerprint density at radius 2 is 0.959 bits per heavy atom. The fourth-order valence-electron chi connectivity index (χ4n) is 10.4. The van der Waals surface area contributed by atoms with Gasteiger partial charge in [0.1, 0.15) is 28.3 Å². The van der Waals surface area contributed by atoms with Crippen molar-refractivity contribution in [1.82, 2.24) is 74.7 Å². The number of aliphatic hydroxyl groups excluding tert-OH is 2. The molecule has 11 N–H and O–H groups in total. The second-order valence-corrected chi connectivity index (χ2v) is 23.0. The number of aromatic nitrogens is 12. The van der Waals surface area contributed by atoms with Crippen molar-refractivity contribution < 1.29 is 47.9 Å². The van der Waals surface area contributed by atoms with Crippen LogP contribution in [0.15, 0.2) is 159 Å². The van der Waals surface area contributed by atoms with Gasteiger partial charge in [0.15, 0.2) is 16.9 Å². The average Bonchev–Trinajstić information content (AvgIpc) is 1.44. The molecule has 502 valence electrons. The number of nitrogens with one attached hydrogen (secondary N) is 3. The van der Waals surface area contributed by atoms with Gasteiger partial charge < -0.3 is 62.3 Å². The predicted molar refractivity (Wildman–Crippen MR) is 364 cm³/mol. The maximum absolute atomic E-state index is 13.7. The summed E-state index contributed by atoms with van der Waals surface area (Å²) in [6, 6.07) is 36.1. The van der Waals surface area contributed by atoms with Crippen molar-refractivity contribution in [2.24, 2.45) is 5.92 Å². The second kappa shape index (κ2) is 30.5. The number of carbonyl (C=O) groups excluding carboxylic acids is 3. The highest BCUT2D eigenvalue weighted by Crippen LogP contribution is 2.32. The number of ether oxygens (including phenoxy) is 4. The molecular weight excluding hydrogens is 1260 g/mol. The van der Waals surface area contributed by atoms with Gasteiger partial charge in [0, 0.05) is 79.1 Å². The topological polar surface area (TPSA) is 372 Å². The number of aryl methyl sites for hydroxylation is 2. The van der Waals surface area contributed by atoms with Gasteiger partial charge in [-0.15, -0.1) is 15.3 Å². The van der Waals surface area contributed by atoms with Crippen molar-refractivity contribution in [3.05, 3.63) is 209 Å². The van der Waals surface area contributed by atoms with Crippen LogP contribution in [0, 0.1) is 25.6 Å². The molecule has 9 heterocycles. The maximum Gasteiger partial charge on any atom is 0.257 e. The molecule has 1 aliphatic carbocycles. The number of rotatable bonds is 22. The average molecular weight is 1330 g/mol. The van der Waals surface area contributed by atoms with Gasteiger partial charge in [0.05, 0.1) is 40.1 Å². The summed E-state index contributed by atoms with van der Waals surface area (Å²) in [4.78, 5) is 64.1. The lowest BCUT2D eigenvalue weighted by Gasteiger charge is -2.14. The lowest BCUT2D eigenvalue weighted by molar-refractivity contribution is 0.0929. The van der Waals surface area contributed by atoms with Gasteiger partial charge in [0.2, 0.25) is 35.5 Å². The van der Waals surface area contributed by atoms with Crippen molar-refractivity contribution in [3.63, 3.8) is 0 Å². The zero-order chi connectivity index (χ0) is 69.0. The summed E-state index contributed by atoms with van der Waals surface area (Å²) in [6.45, 7) is 5.16. The van der Waals surface area contributed by atoms with E-state index in [1.165, 1.54) is 40.2 Å². The van der Waals surface area contributed by atoms with E-state index in [0.29, 0.717) is 76.8 Å². The molecule has 1 saturated carbocycles. The van der Waals surface area contributed by atoms with Gasteiger partial charge in [0.25, 0.3) is 17.7 Å². The molecule has 98 heavy (non-hydrogen) atoms. The third-order valence-electron chi connectivity index (χ3n) is 16.0. The number of carbonyl (C=O) groups is 3. The zero-order valence-electron chi connectivity index (χ0n) is 54.1. The van der Waals surface area contributed by atoms with E-state index in [1.54, 1.807) is 94.0 Å². The summed E-state index contributed by atoms with van der Waals surface area (Å²) in [7, 11) is 4.38. The Hall–Kier alpha value is -12.2. The normalized spacial score (nSPS) is 12.4. The summed E-state index contributed by atoms with van der Waals surface area (Å²) in [5.74, 6) is 1.23. The fourth-order valence-corrected chi connectivity index (χ4v) is 10.4. The molecule has 0 aliphatic heterocycles. The molecule has 0 bridgehead atoms. The van der Waals surface area contributed by atoms with Crippen LogP contribution in [0.1, 0.15) is 96.8 Å². The molecule has 0 saturated heterocycles. The van der Waals surface area contributed by atoms with Crippen molar-refractivity contribution >= 4 is 52.5 Å². The van der Waals surface area contributed by atoms with Crippen LogP contribution >= 0.6 is 0 Å². The molecule has 0 radical (unpaired) electrons. The van der Waals surface area contributed by atoms with E-state index in [1.807, 2.05) is 85.8 Å². The number of methoxy groups -OCH3 is 3. The van der Waals surface area contributed by atoms with Crippen LogP contribution in [0.5, 0.6) is 23.4 Å². The number of nitrogens with zero attached hydrogens (tertiary/aromatic N) is 12. The quantitative estimate of drug-likeness (QED) is 0.0316. The largest absolute Gasteiger partial charge is 0.493 e. The minimum Gasteiger partial charge on any atom is -0.493 e. The second-order valence-electron chi connectivity index (χ2n) is 23.0. The van der Waals surface area contributed by atoms with Crippen LogP contribution in [0.25, 0.3) is 50.3 Å². The first-order valence-electron chi connectivity index (χ1n) is 31.1. The monoisotopic (exact) mass is 1330 g/mol. The molecule has 28 heteroatoms. The van der Waals surface area contributed by atoms with Crippen LogP contribution < -0.4 is 52.1 Å². The van der Waals surface area contributed by atoms with E-state index in [2.05, 4.69) is 61.2 Å². The molecule has 12 aromatic rings. The van der Waals surface area contributed by atoms with E-state index < -0.39 is 18.1 Å². The Morgan fingerprint density at radius 1 is 0.541 bits per heavy atom. The number of pyridine rings is 6. The number of hydrogen-bond donors (Lipinski definition) is 8. The van der Waals surface area contributed by atoms with Crippen LogP contribution in [-0.4, -0.2) is 128 Å². The molecule has 9 aromatic heterocycles. The smallest absolute Gasteiger partial charge is 0.257 e. The van der Waals surface area contributed by atoms with Gasteiger partial charge >= 0.3 is 0 Å². The third kappa shape index (κ3) is 16.5. The minimum atomic E-state index is -0.908. The highest BCUT2D eigenvalue weighted by Gasteiger charge is 2.24. The Kier molecular flexibility index (Phi) is 20.9. The molecule has 13 rings (SSSR count). The number of amides is 3. The third-order valence-corrected chi connectivity index (χ3v) is 16.0. The highest BCUT2D eigenvalue weighted by atomic mass is 19.1. The van der Waals surface area contributed by atoms with Crippen LogP contribution in [0.3, 0.4) is 0 Å². The first-order valence-corrected chi connectivity index (χ1v) is 31.1. The summed E-state index contributed by atoms with van der Waals surface area (Å²) >= 11 is 0. The lowest BCUT2D eigenvalue weighted by atomic mass is 10.0. The number of fused-ring (bicyclic) bond motifs is 3. The van der Waals surface area contributed by atoms with Gasteiger partial charge in [-0.2, -0.15) is 15.0 Å². The molecule has 27 nitrogen and oxygen atoms in total. The van der Waals surface area contributed by atoms with Crippen molar-refractivity contribution in [1.29, 1.82) is 0 Å². The number of nitrogens with two attached hydrogens (primary N) is 3. The Morgan fingerprint density at radius 3 is 1.39 bits per heavy atom. The summed E-state index contributed by atoms with van der Waals surface area (Å²) in [6.07, 6.45) is 11.6. The summed E-state index contributed by atoms with van der Waals surface area (Å²) in [5.41, 5.74) is 28.0.